The molecule has 1 aliphatic rings. The SMILES string of the molecule is CC1CCCC(CO)(NC(=O)c2ccoc2Br)C1. The summed E-state index contributed by atoms with van der Waals surface area (Å²) < 4.78 is 5.48. The van der Waals surface area contributed by atoms with E-state index in [9.17, 15) is 9.90 Å². The molecule has 0 saturated heterocycles. The molecular formula is C13H18BrNO3. The van der Waals surface area contributed by atoms with Crippen molar-refractivity contribution >= 4 is 21.8 Å². The number of amides is 1. The van der Waals surface area contributed by atoms with Gasteiger partial charge in [0, 0.05) is 0 Å². The molecule has 0 spiro atoms. The fraction of sp³-hybridized carbons (Fsp3) is 0.615. The fourth-order valence-electron chi connectivity index (χ4n) is 2.72. The van der Waals surface area contributed by atoms with Gasteiger partial charge in [0.15, 0.2) is 4.67 Å². The Hall–Kier alpha value is -0.810. The highest BCUT2D eigenvalue weighted by atomic mass is 79.9. The van der Waals surface area contributed by atoms with E-state index < -0.39 is 5.54 Å². The van der Waals surface area contributed by atoms with Crippen molar-refractivity contribution in [3.63, 3.8) is 0 Å². The summed E-state index contributed by atoms with van der Waals surface area (Å²) in [6, 6.07) is 1.62. The lowest BCUT2D eigenvalue weighted by Crippen LogP contribution is -2.53. The van der Waals surface area contributed by atoms with Crippen LogP contribution < -0.4 is 5.32 Å². The molecule has 1 fully saturated rings. The normalized spacial score (nSPS) is 28.1. The van der Waals surface area contributed by atoms with Gasteiger partial charge in [0.25, 0.3) is 5.91 Å². The van der Waals surface area contributed by atoms with E-state index in [1.54, 1.807) is 6.07 Å². The van der Waals surface area contributed by atoms with Crippen molar-refractivity contribution < 1.29 is 14.3 Å². The maximum atomic E-state index is 12.2. The molecule has 4 nitrogen and oxygen atoms in total. The number of furan rings is 1. The van der Waals surface area contributed by atoms with Gasteiger partial charge >= 0.3 is 0 Å². The summed E-state index contributed by atoms with van der Waals surface area (Å²) in [5, 5.41) is 12.6. The van der Waals surface area contributed by atoms with Gasteiger partial charge in [0.05, 0.1) is 24.0 Å². The molecule has 0 aromatic carbocycles. The Balaban J connectivity index is 2.11. The largest absolute Gasteiger partial charge is 0.457 e. The molecule has 1 aromatic heterocycles. The Labute approximate surface area is 115 Å². The second-order valence-electron chi connectivity index (χ2n) is 5.20. The Morgan fingerprint density at radius 2 is 2.50 bits per heavy atom. The van der Waals surface area contributed by atoms with Crippen molar-refractivity contribution in [2.45, 2.75) is 38.1 Å². The molecule has 2 unspecified atom stereocenters. The van der Waals surface area contributed by atoms with Crippen LogP contribution in [0.2, 0.25) is 0 Å². The summed E-state index contributed by atoms with van der Waals surface area (Å²) >= 11 is 3.19. The predicted molar refractivity (Wildman–Crippen MR) is 71.3 cm³/mol. The molecule has 0 bridgehead atoms. The van der Waals surface area contributed by atoms with Crippen LogP contribution in [-0.4, -0.2) is 23.2 Å². The highest BCUT2D eigenvalue weighted by molar-refractivity contribution is 9.10. The summed E-state index contributed by atoms with van der Waals surface area (Å²) in [4.78, 5) is 12.2. The van der Waals surface area contributed by atoms with Crippen molar-refractivity contribution in [1.82, 2.24) is 5.32 Å². The third-order valence-corrected chi connectivity index (χ3v) is 4.25. The number of nitrogens with one attached hydrogen (secondary N) is 1. The van der Waals surface area contributed by atoms with Crippen molar-refractivity contribution in [2.24, 2.45) is 5.92 Å². The Morgan fingerprint density at radius 1 is 1.72 bits per heavy atom. The molecule has 18 heavy (non-hydrogen) atoms. The van der Waals surface area contributed by atoms with Gasteiger partial charge in [-0.25, -0.2) is 0 Å². The van der Waals surface area contributed by atoms with E-state index in [-0.39, 0.29) is 12.5 Å². The number of aliphatic hydroxyl groups excluding tert-OH is 1. The van der Waals surface area contributed by atoms with E-state index in [0.29, 0.717) is 16.2 Å². The van der Waals surface area contributed by atoms with E-state index in [1.807, 2.05) is 0 Å². The van der Waals surface area contributed by atoms with Crippen molar-refractivity contribution in [2.75, 3.05) is 6.61 Å². The highest BCUT2D eigenvalue weighted by Gasteiger charge is 2.36. The Kier molecular flexibility index (Phi) is 4.12. The van der Waals surface area contributed by atoms with Gasteiger partial charge in [-0.05, 0) is 40.8 Å². The minimum Gasteiger partial charge on any atom is -0.457 e. The first-order chi connectivity index (χ1) is 8.56. The van der Waals surface area contributed by atoms with E-state index in [4.69, 9.17) is 4.42 Å². The molecule has 100 valence electrons. The first-order valence-electron chi connectivity index (χ1n) is 6.23. The van der Waals surface area contributed by atoms with Gasteiger partial charge in [-0.3, -0.25) is 4.79 Å². The molecule has 1 aromatic rings. The molecule has 2 atom stereocenters. The second-order valence-corrected chi connectivity index (χ2v) is 5.92. The maximum Gasteiger partial charge on any atom is 0.256 e. The number of aliphatic hydroxyl groups is 1. The van der Waals surface area contributed by atoms with Crippen LogP contribution in [0, 0.1) is 5.92 Å². The lowest BCUT2D eigenvalue weighted by Gasteiger charge is -2.39. The summed E-state index contributed by atoms with van der Waals surface area (Å²) in [7, 11) is 0. The van der Waals surface area contributed by atoms with Gasteiger partial charge in [0.1, 0.15) is 0 Å². The average Bonchev–Trinajstić information content (AvgIpc) is 2.75. The van der Waals surface area contributed by atoms with Crippen LogP contribution in [0.4, 0.5) is 0 Å². The topological polar surface area (TPSA) is 62.5 Å². The number of carbonyl (C=O) groups excluding carboxylic acids is 1. The van der Waals surface area contributed by atoms with Gasteiger partial charge < -0.3 is 14.8 Å². The highest BCUT2D eigenvalue weighted by Crippen LogP contribution is 2.32. The Bertz CT molecular complexity index is 432. The molecular weight excluding hydrogens is 298 g/mol. The Morgan fingerprint density at radius 3 is 3.06 bits per heavy atom. The number of carbonyl (C=O) groups is 1. The lowest BCUT2D eigenvalue weighted by molar-refractivity contribution is 0.0695. The predicted octanol–water partition coefficient (Wildman–Crippen LogP) is 2.71. The summed E-state index contributed by atoms with van der Waals surface area (Å²) in [5.41, 5.74) is -0.00750. The smallest absolute Gasteiger partial charge is 0.256 e. The average molecular weight is 316 g/mol. The number of hydrogen-bond acceptors (Lipinski definition) is 3. The third-order valence-electron chi connectivity index (χ3n) is 3.64. The van der Waals surface area contributed by atoms with E-state index in [0.717, 1.165) is 25.7 Å². The van der Waals surface area contributed by atoms with Gasteiger partial charge in [-0.1, -0.05) is 19.8 Å². The van der Waals surface area contributed by atoms with Crippen LogP contribution in [0.5, 0.6) is 0 Å². The zero-order valence-corrected chi connectivity index (χ0v) is 12.0. The monoisotopic (exact) mass is 315 g/mol. The van der Waals surface area contributed by atoms with Gasteiger partial charge in [-0.15, -0.1) is 0 Å². The standard InChI is InChI=1S/C13H18BrNO3/c1-9-3-2-5-13(7-9,8-16)15-12(17)10-4-6-18-11(10)14/h4,6,9,16H,2-3,5,7-8H2,1H3,(H,15,17). The van der Waals surface area contributed by atoms with Gasteiger partial charge in [0.2, 0.25) is 0 Å². The van der Waals surface area contributed by atoms with Crippen molar-refractivity contribution in [1.29, 1.82) is 0 Å². The molecule has 2 N–H and O–H groups in total. The minimum absolute atomic E-state index is 0.0153. The summed E-state index contributed by atoms with van der Waals surface area (Å²) in [6.45, 7) is 2.14. The first kappa shape index (κ1) is 13.6. The minimum atomic E-state index is -0.481. The van der Waals surface area contributed by atoms with E-state index in [2.05, 4.69) is 28.2 Å². The summed E-state index contributed by atoms with van der Waals surface area (Å²) in [5.74, 6) is 0.331. The zero-order valence-electron chi connectivity index (χ0n) is 10.4. The molecule has 1 saturated carbocycles. The number of hydrogen-bond donors (Lipinski definition) is 2. The zero-order chi connectivity index (χ0) is 13.2. The molecule has 0 radical (unpaired) electrons. The lowest BCUT2D eigenvalue weighted by atomic mass is 9.76. The van der Waals surface area contributed by atoms with Crippen molar-refractivity contribution in [3.05, 3.63) is 22.6 Å². The molecule has 5 heteroatoms. The molecule has 0 aliphatic heterocycles. The van der Waals surface area contributed by atoms with E-state index in [1.165, 1.54) is 6.26 Å². The molecule has 1 amide bonds. The molecule has 2 rings (SSSR count). The van der Waals surface area contributed by atoms with Crippen molar-refractivity contribution in [3.8, 4) is 0 Å². The van der Waals surface area contributed by atoms with Crippen LogP contribution in [0.25, 0.3) is 0 Å². The van der Waals surface area contributed by atoms with Crippen LogP contribution in [0.3, 0.4) is 0 Å². The second kappa shape index (κ2) is 5.45. The van der Waals surface area contributed by atoms with Crippen LogP contribution in [0.15, 0.2) is 21.4 Å². The van der Waals surface area contributed by atoms with Crippen LogP contribution in [-0.2, 0) is 0 Å². The number of rotatable bonds is 3. The fourth-order valence-corrected chi connectivity index (χ4v) is 3.14. The molecule has 1 heterocycles. The van der Waals surface area contributed by atoms with Crippen LogP contribution >= 0.6 is 15.9 Å². The van der Waals surface area contributed by atoms with Crippen LogP contribution in [0.1, 0.15) is 43.0 Å². The molecule has 1 aliphatic carbocycles. The van der Waals surface area contributed by atoms with E-state index >= 15 is 0 Å². The quantitative estimate of drug-likeness (QED) is 0.901. The third kappa shape index (κ3) is 2.78. The van der Waals surface area contributed by atoms with Gasteiger partial charge in [-0.2, -0.15) is 0 Å². The summed E-state index contributed by atoms with van der Waals surface area (Å²) in [6.07, 6.45) is 5.31. The maximum absolute atomic E-state index is 12.2. The first-order valence-corrected chi connectivity index (χ1v) is 7.02. The number of halogens is 1.